The fourth-order valence-corrected chi connectivity index (χ4v) is 7.61. The molecule has 1 N–H and O–H groups in total. The van der Waals surface area contributed by atoms with Crippen LogP contribution in [-0.4, -0.2) is 47.5 Å². The molecule has 1 aliphatic heterocycles. The zero-order chi connectivity index (χ0) is 28.1. The highest BCUT2D eigenvalue weighted by Crippen LogP contribution is 2.32. The number of hydrogen-bond acceptors (Lipinski definition) is 7. The summed E-state index contributed by atoms with van der Waals surface area (Å²) in [4.78, 5) is 44.4. The topological polar surface area (TPSA) is 117 Å². The lowest BCUT2D eigenvalue weighted by molar-refractivity contribution is 0.0924. The van der Waals surface area contributed by atoms with Gasteiger partial charge in [0.1, 0.15) is 0 Å². The first-order valence-electron chi connectivity index (χ1n) is 12.3. The fraction of sp³-hybridized carbons (Fsp3) is 0.214. The highest BCUT2D eigenvalue weighted by atomic mass is 32.2. The maximum Gasteiger partial charge on any atom is 0.266 e. The van der Waals surface area contributed by atoms with Crippen LogP contribution in [0.1, 0.15) is 58.8 Å². The first-order valence-corrected chi connectivity index (χ1v) is 14.6. The molecular formula is C28H26N4O5S2. The van der Waals surface area contributed by atoms with Crippen molar-refractivity contribution >= 4 is 60.1 Å². The number of nitrogens with one attached hydrogen (secondary N) is 1. The summed E-state index contributed by atoms with van der Waals surface area (Å²) >= 11 is 1.16. The van der Waals surface area contributed by atoms with E-state index >= 15 is 0 Å². The summed E-state index contributed by atoms with van der Waals surface area (Å²) in [5, 5.41) is 3.03. The number of hydrogen-bond donors (Lipinski definition) is 1. The highest BCUT2D eigenvalue weighted by Gasteiger charge is 2.36. The lowest BCUT2D eigenvalue weighted by atomic mass is 10.1. The van der Waals surface area contributed by atoms with Crippen LogP contribution < -0.4 is 10.2 Å². The number of carbonyl (C=O) groups excluding carboxylic acids is 3. The molecule has 0 aliphatic carbocycles. The molecule has 0 spiro atoms. The normalized spacial score (nSPS) is 13.7. The largest absolute Gasteiger partial charge is 0.298 e. The number of amides is 3. The lowest BCUT2D eigenvalue weighted by Crippen LogP contribution is -2.41. The zero-order valence-corrected chi connectivity index (χ0v) is 23.3. The van der Waals surface area contributed by atoms with Crippen molar-refractivity contribution < 1.29 is 22.8 Å². The van der Waals surface area contributed by atoms with E-state index in [0.29, 0.717) is 26.5 Å². The van der Waals surface area contributed by atoms with E-state index in [-0.39, 0.29) is 28.2 Å². The highest BCUT2D eigenvalue weighted by molar-refractivity contribution is 7.89. The number of sulfonamides is 1. The number of nitrogens with zero attached hydrogens (tertiary/aromatic N) is 3. The average molecular weight is 563 g/mol. The third-order valence-corrected chi connectivity index (χ3v) is 9.52. The minimum atomic E-state index is -3.72. The molecule has 0 fully saturated rings. The summed E-state index contributed by atoms with van der Waals surface area (Å²) in [5.41, 5.74) is 1.70. The van der Waals surface area contributed by atoms with Gasteiger partial charge in [0, 0.05) is 17.6 Å². The van der Waals surface area contributed by atoms with Gasteiger partial charge >= 0.3 is 0 Å². The average Bonchev–Trinajstić information content (AvgIpc) is 3.40. The monoisotopic (exact) mass is 562 g/mol. The predicted molar refractivity (Wildman–Crippen MR) is 151 cm³/mol. The number of aromatic nitrogens is 1. The second-order valence-corrected chi connectivity index (χ2v) is 12.5. The maximum atomic E-state index is 13.3. The van der Waals surface area contributed by atoms with E-state index in [1.807, 2.05) is 27.7 Å². The van der Waals surface area contributed by atoms with E-state index in [4.69, 9.17) is 0 Å². The Morgan fingerprint density at radius 2 is 1.54 bits per heavy atom. The molecule has 3 aromatic carbocycles. The Balaban J connectivity index is 1.39. The number of benzene rings is 3. The summed E-state index contributed by atoms with van der Waals surface area (Å²) in [7, 11) is -3.72. The molecule has 200 valence electrons. The molecule has 11 heteroatoms. The first-order chi connectivity index (χ1) is 18.5. The van der Waals surface area contributed by atoms with Crippen LogP contribution in [0.2, 0.25) is 0 Å². The van der Waals surface area contributed by atoms with Crippen molar-refractivity contribution in [2.45, 2.75) is 44.7 Å². The molecule has 4 aromatic rings. The van der Waals surface area contributed by atoms with E-state index in [9.17, 15) is 22.8 Å². The van der Waals surface area contributed by atoms with Crippen molar-refractivity contribution in [2.75, 3.05) is 10.2 Å². The van der Waals surface area contributed by atoms with Gasteiger partial charge in [-0.05, 0) is 76.2 Å². The van der Waals surface area contributed by atoms with Gasteiger partial charge in [0.15, 0.2) is 5.13 Å². The molecule has 0 bridgehead atoms. The molecule has 3 amide bonds. The third kappa shape index (κ3) is 4.73. The van der Waals surface area contributed by atoms with Gasteiger partial charge < -0.3 is 0 Å². The molecule has 0 unspecified atom stereocenters. The van der Waals surface area contributed by atoms with Gasteiger partial charge in [0.25, 0.3) is 17.7 Å². The Kier molecular flexibility index (Phi) is 6.83. The molecule has 9 nitrogen and oxygen atoms in total. The van der Waals surface area contributed by atoms with Crippen LogP contribution in [0.3, 0.4) is 0 Å². The van der Waals surface area contributed by atoms with Crippen molar-refractivity contribution in [1.29, 1.82) is 0 Å². The first kappa shape index (κ1) is 26.7. The van der Waals surface area contributed by atoms with E-state index in [1.165, 1.54) is 16.4 Å². The van der Waals surface area contributed by atoms with Crippen LogP contribution >= 0.6 is 11.3 Å². The second kappa shape index (κ2) is 9.99. The Morgan fingerprint density at radius 3 is 2.15 bits per heavy atom. The zero-order valence-electron chi connectivity index (χ0n) is 21.7. The van der Waals surface area contributed by atoms with Gasteiger partial charge in [-0.1, -0.05) is 29.5 Å². The molecule has 0 saturated heterocycles. The lowest BCUT2D eigenvalue weighted by Gasteiger charge is -2.29. The molecule has 0 atom stereocenters. The number of imide groups is 1. The van der Waals surface area contributed by atoms with E-state index < -0.39 is 27.7 Å². The van der Waals surface area contributed by atoms with Gasteiger partial charge in [0.05, 0.1) is 31.9 Å². The van der Waals surface area contributed by atoms with Crippen LogP contribution in [0.15, 0.2) is 71.6 Å². The molecule has 1 aromatic heterocycles. The van der Waals surface area contributed by atoms with Crippen LogP contribution in [0.4, 0.5) is 10.8 Å². The summed E-state index contributed by atoms with van der Waals surface area (Å²) in [6, 6.07) is 17.1. The van der Waals surface area contributed by atoms with Crippen LogP contribution in [0.25, 0.3) is 10.2 Å². The number of carbonyl (C=O) groups is 3. The van der Waals surface area contributed by atoms with Crippen molar-refractivity contribution in [3.05, 3.63) is 83.4 Å². The smallest absolute Gasteiger partial charge is 0.266 e. The predicted octanol–water partition coefficient (Wildman–Crippen LogP) is 5.16. The van der Waals surface area contributed by atoms with Gasteiger partial charge in [-0.25, -0.2) is 18.3 Å². The SMILES string of the molecule is CC(C)N(C(C)C)S(=O)(=O)c1ccc2nc(NC(=O)c3cccc(N4C(=O)c5ccccc5C4=O)c3)sc2c1. The van der Waals surface area contributed by atoms with Crippen molar-refractivity contribution in [3.63, 3.8) is 0 Å². The van der Waals surface area contributed by atoms with Gasteiger partial charge in [-0.3, -0.25) is 19.7 Å². The van der Waals surface area contributed by atoms with Crippen molar-refractivity contribution in [1.82, 2.24) is 9.29 Å². The van der Waals surface area contributed by atoms with Crippen LogP contribution in [-0.2, 0) is 10.0 Å². The Bertz CT molecular complexity index is 1700. The number of rotatable bonds is 7. The minimum Gasteiger partial charge on any atom is -0.298 e. The Morgan fingerprint density at radius 1 is 0.897 bits per heavy atom. The molecular weight excluding hydrogens is 536 g/mol. The summed E-state index contributed by atoms with van der Waals surface area (Å²) in [5.74, 6) is -1.37. The number of fused-ring (bicyclic) bond motifs is 2. The minimum absolute atomic E-state index is 0.160. The number of thiazole rings is 1. The summed E-state index contributed by atoms with van der Waals surface area (Å²) < 4.78 is 28.6. The molecule has 2 heterocycles. The standard InChI is InChI=1S/C28H26N4O5S2/c1-16(2)32(17(3)4)39(36,37)20-12-13-23-24(15-20)38-28(29-23)30-25(33)18-8-7-9-19(14-18)31-26(34)21-10-5-6-11-22(21)27(31)35/h5-17H,1-4H3,(H,29,30,33). The quantitative estimate of drug-likeness (QED) is 0.311. The van der Waals surface area contributed by atoms with Crippen LogP contribution in [0.5, 0.6) is 0 Å². The molecule has 5 rings (SSSR count). The second-order valence-electron chi connectivity index (χ2n) is 9.67. The molecule has 0 radical (unpaired) electrons. The maximum absolute atomic E-state index is 13.3. The van der Waals surface area contributed by atoms with Gasteiger partial charge in [0.2, 0.25) is 10.0 Å². The third-order valence-electron chi connectivity index (χ3n) is 6.33. The fourth-order valence-electron chi connectivity index (χ4n) is 4.77. The van der Waals surface area contributed by atoms with Gasteiger partial charge in [-0.2, -0.15) is 4.31 Å². The van der Waals surface area contributed by atoms with Crippen LogP contribution in [0, 0.1) is 0 Å². The number of anilines is 2. The molecule has 39 heavy (non-hydrogen) atoms. The molecule has 1 aliphatic rings. The van der Waals surface area contributed by atoms with E-state index in [1.54, 1.807) is 54.6 Å². The molecule has 0 saturated carbocycles. The van der Waals surface area contributed by atoms with E-state index in [0.717, 1.165) is 16.2 Å². The van der Waals surface area contributed by atoms with Crippen molar-refractivity contribution in [2.24, 2.45) is 0 Å². The van der Waals surface area contributed by atoms with Crippen molar-refractivity contribution in [3.8, 4) is 0 Å². The Hall–Kier alpha value is -3.93. The van der Waals surface area contributed by atoms with Gasteiger partial charge in [-0.15, -0.1) is 0 Å². The van der Waals surface area contributed by atoms with E-state index in [2.05, 4.69) is 10.3 Å². The summed E-state index contributed by atoms with van der Waals surface area (Å²) in [6.45, 7) is 7.33. The Labute approximate surface area is 230 Å². The summed E-state index contributed by atoms with van der Waals surface area (Å²) in [6.07, 6.45) is 0.